The quantitative estimate of drug-likeness (QED) is 0.787. The lowest BCUT2D eigenvalue weighted by Crippen LogP contribution is -2.29. The summed E-state index contributed by atoms with van der Waals surface area (Å²) in [7, 11) is 0. The molecular weight excluding hydrogens is 319 g/mol. The Balaban J connectivity index is 2.31. The molecule has 1 atom stereocenters. The van der Waals surface area contributed by atoms with Gasteiger partial charge in [0.15, 0.2) is 0 Å². The van der Waals surface area contributed by atoms with Crippen molar-refractivity contribution in [3.8, 4) is 0 Å². The average molecular weight is 331 g/mol. The van der Waals surface area contributed by atoms with E-state index >= 15 is 0 Å². The second kappa shape index (κ2) is 6.05. The number of rotatable bonds is 3. The predicted molar refractivity (Wildman–Crippen MR) is 87.0 cm³/mol. The van der Waals surface area contributed by atoms with E-state index in [2.05, 4.69) is 9.97 Å². The van der Waals surface area contributed by atoms with E-state index in [1.807, 2.05) is 30.3 Å². The van der Waals surface area contributed by atoms with Crippen molar-refractivity contribution in [3.05, 3.63) is 94.0 Å². The van der Waals surface area contributed by atoms with Gasteiger partial charge in [0.2, 0.25) is 0 Å². The number of aliphatic hydroxyl groups is 1. The van der Waals surface area contributed by atoms with Crippen LogP contribution in [0.15, 0.2) is 67.3 Å². The van der Waals surface area contributed by atoms with Crippen LogP contribution in [0.1, 0.15) is 16.7 Å². The van der Waals surface area contributed by atoms with Crippen molar-refractivity contribution in [2.24, 2.45) is 0 Å². The minimum Gasteiger partial charge on any atom is -0.376 e. The maximum atomic E-state index is 11.5. The lowest BCUT2D eigenvalue weighted by atomic mass is 9.81. The van der Waals surface area contributed by atoms with Crippen LogP contribution >= 0.6 is 23.2 Å². The van der Waals surface area contributed by atoms with Gasteiger partial charge in [-0.3, -0.25) is 0 Å². The highest BCUT2D eigenvalue weighted by Crippen LogP contribution is 2.40. The van der Waals surface area contributed by atoms with Gasteiger partial charge in [0.05, 0.1) is 0 Å². The minimum atomic E-state index is -1.48. The molecule has 1 heterocycles. The summed E-state index contributed by atoms with van der Waals surface area (Å²) in [6.45, 7) is 0. The highest BCUT2D eigenvalue weighted by Gasteiger charge is 2.36. The summed E-state index contributed by atoms with van der Waals surface area (Å²) in [5.74, 6) is 0. The number of halogens is 2. The van der Waals surface area contributed by atoms with E-state index in [-0.39, 0.29) is 0 Å². The number of benzene rings is 2. The Hall–Kier alpha value is -1.94. The molecule has 3 aromatic rings. The standard InChI is InChI=1S/C17H12Cl2N2O/c18-14-6-7-16(19)15(8-14)17(22,12-4-2-1-3-5-12)13-9-20-11-21-10-13/h1-11,22H. The molecule has 0 spiro atoms. The molecular formula is C17H12Cl2N2O. The van der Waals surface area contributed by atoms with E-state index in [0.29, 0.717) is 26.7 Å². The summed E-state index contributed by atoms with van der Waals surface area (Å²) in [6, 6.07) is 14.2. The lowest BCUT2D eigenvalue weighted by molar-refractivity contribution is 0.125. The third-order valence-corrected chi connectivity index (χ3v) is 4.05. The first kappa shape index (κ1) is 15.0. The number of hydrogen-bond donors (Lipinski definition) is 1. The van der Waals surface area contributed by atoms with Crippen LogP contribution in [0.25, 0.3) is 0 Å². The molecule has 110 valence electrons. The van der Waals surface area contributed by atoms with Gasteiger partial charge in [-0.25, -0.2) is 9.97 Å². The molecule has 1 N–H and O–H groups in total. The molecule has 0 saturated heterocycles. The number of aromatic nitrogens is 2. The van der Waals surface area contributed by atoms with E-state index in [0.717, 1.165) is 0 Å². The van der Waals surface area contributed by atoms with Crippen LogP contribution in [-0.4, -0.2) is 15.1 Å². The zero-order valence-electron chi connectivity index (χ0n) is 11.4. The zero-order valence-corrected chi connectivity index (χ0v) is 13.0. The maximum Gasteiger partial charge on any atom is 0.145 e. The molecule has 0 aliphatic rings. The summed E-state index contributed by atoms with van der Waals surface area (Å²) in [5, 5.41) is 12.4. The predicted octanol–water partition coefficient (Wildman–Crippen LogP) is 4.07. The van der Waals surface area contributed by atoms with Crippen LogP contribution in [0, 0.1) is 0 Å². The van der Waals surface area contributed by atoms with Gasteiger partial charge in [-0.1, -0.05) is 53.5 Å². The molecule has 1 unspecified atom stereocenters. The fourth-order valence-electron chi connectivity index (χ4n) is 2.42. The number of hydrogen-bond acceptors (Lipinski definition) is 3. The summed E-state index contributed by atoms with van der Waals surface area (Å²) in [4.78, 5) is 8.01. The van der Waals surface area contributed by atoms with Crippen molar-refractivity contribution in [3.63, 3.8) is 0 Å². The molecule has 0 aliphatic carbocycles. The summed E-state index contributed by atoms with van der Waals surface area (Å²) in [5.41, 5.74) is 0.187. The first-order valence-corrected chi connectivity index (χ1v) is 7.37. The van der Waals surface area contributed by atoms with Crippen molar-refractivity contribution in [1.82, 2.24) is 9.97 Å². The van der Waals surface area contributed by atoms with Gasteiger partial charge in [0, 0.05) is 33.6 Å². The Kier molecular flexibility index (Phi) is 4.12. The van der Waals surface area contributed by atoms with Crippen molar-refractivity contribution in [1.29, 1.82) is 0 Å². The molecule has 2 aromatic carbocycles. The highest BCUT2D eigenvalue weighted by atomic mass is 35.5. The van der Waals surface area contributed by atoms with Crippen LogP contribution < -0.4 is 0 Å². The van der Waals surface area contributed by atoms with Crippen LogP contribution in [0.5, 0.6) is 0 Å². The molecule has 0 amide bonds. The normalized spacial score (nSPS) is 13.6. The minimum absolute atomic E-state index is 0.416. The molecule has 0 fully saturated rings. The Labute approximate surface area is 138 Å². The topological polar surface area (TPSA) is 46.0 Å². The first-order chi connectivity index (χ1) is 10.6. The average Bonchev–Trinajstić information content (AvgIpc) is 2.58. The van der Waals surface area contributed by atoms with Gasteiger partial charge in [-0.05, 0) is 23.8 Å². The van der Waals surface area contributed by atoms with Crippen molar-refractivity contribution in [2.75, 3.05) is 0 Å². The van der Waals surface area contributed by atoms with Crippen LogP contribution in [0.4, 0.5) is 0 Å². The van der Waals surface area contributed by atoms with Gasteiger partial charge in [-0.2, -0.15) is 0 Å². The van der Waals surface area contributed by atoms with Gasteiger partial charge < -0.3 is 5.11 Å². The molecule has 0 radical (unpaired) electrons. The maximum absolute atomic E-state index is 11.5. The van der Waals surface area contributed by atoms with Crippen molar-refractivity contribution in [2.45, 2.75) is 5.60 Å². The number of nitrogens with zero attached hydrogens (tertiary/aromatic N) is 2. The molecule has 1 aromatic heterocycles. The van der Waals surface area contributed by atoms with E-state index < -0.39 is 5.60 Å². The van der Waals surface area contributed by atoms with Crippen LogP contribution in [-0.2, 0) is 5.60 Å². The Morgan fingerprint density at radius 2 is 1.55 bits per heavy atom. The van der Waals surface area contributed by atoms with E-state index in [4.69, 9.17) is 23.2 Å². The fourth-order valence-corrected chi connectivity index (χ4v) is 2.84. The van der Waals surface area contributed by atoms with Crippen molar-refractivity contribution >= 4 is 23.2 Å². The SMILES string of the molecule is OC(c1ccccc1)(c1cncnc1)c1cc(Cl)ccc1Cl. The molecule has 0 bridgehead atoms. The van der Waals surface area contributed by atoms with Gasteiger partial charge in [-0.15, -0.1) is 0 Å². The second-order valence-corrected chi connectivity index (χ2v) is 5.67. The van der Waals surface area contributed by atoms with Crippen LogP contribution in [0.3, 0.4) is 0 Å². The molecule has 22 heavy (non-hydrogen) atoms. The Morgan fingerprint density at radius 1 is 0.864 bits per heavy atom. The van der Waals surface area contributed by atoms with E-state index in [1.165, 1.54) is 6.33 Å². The molecule has 3 nitrogen and oxygen atoms in total. The third-order valence-electron chi connectivity index (χ3n) is 3.49. The smallest absolute Gasteiger partial charge is 0.145 e. The monoisotopic (exact) mass is 330 g/mol. The van der Waals surface area contributed by atoms with E-state index in [9.17, 15) is 5.11 Å². The highest BCUT2D eigenvalue weighted by molar-refractivity contribution is 6.33. The molecule has 0 aliphatic heterocycles. The lowest BCUT2D eigenvalue weighted by Gasteiger charge is -2.30. The van der Waals surface area contributed by atoms with Crippen molar-refractivity contribution < 1.29 is 5.11 Å². The molecule has 3 rings (SSSR count). The summed E-state index contributed by atoms with van der Waals surface area (Å²) < 4.78 is 0. The fraction of sp³-hybridized carbons (Fsp3) is 0.0588. The van der Waals surface area contributed by atoms with Gasteiger partial charge in [0.25, 0.3) is 0 Å². The Bertz CT molecular complexity index is 740. The zero-order chi connectivity index (χ0) is 15.6. The van der Waals surface area contributed by atoms with Gasteiger partial charge in [0.1, 0.15) is 11.9 Å². The summed E-state index contributed by atoms with van der Waals surface area (Å²) >= 11 is 12.4. The van der Waals surface area contributed by atoms with Crippen LogP contribution in [0.2, 0.25) is 10.0 Å². The van der Waals surface area contributed by atoms with E-state index in [1.54, 1.807) is 30.6 Å². The Morgan fingerprint density at radius 3 is 2.23 bits per heavy atom. The molecule has 0 saturated carbocycles. The third kappa shape index (κ3) is 2.59. The summed E-state index contributed by atoms with van der Waals surface area (Å²) in [6.07, 6.45) is 4.54. The van der Waals surface area contributed by atoms with Gasteiger partial charge >= 0.3 is 0 Å². The largest absolute Gasteiger partial charge is 0.376 e. The second-order valence-electron chi connectivity index (χ2n) is 4.83. The first-order valence-electron chi connectivity index (χ1n) is 6.61. The molecule has 5 heteroatoms.